The summed E-state index contributed by atoms with van der Waals surface area (Å²) in [7, 11) is 0. The van der Waals surface area contributed by atoms with Crippen molar-refractivity contribution in [3.05, 3.63) is 103 Å². The van der Waals surface area contributed by atoms with Crippen LogP contribution in [0.5, 0.6) is 0 Å². The number of nitrogens with one attached hydrogen (secondary N) is 1. The number of benzene rings is 3. The Labute approximate surface area is 175 Å². The smallest absolute Gasteiger partial charge is 0.225 e. The van der Waals surface area contributed by atoms with Crippen LogP contribution in [0.25, 0.3) is 28.1 Å². The number of nitrogens with zero attached hydrogens (tertiary/aromatic N) is 4. The largest absolute Gasteiger partial charge is 0.348 e. The van der Waals surface area contributed by atoms with Gasteiger partial charge in [0.15, 0.2) is 0 Å². The van der Waals surface area contributed by atoms with Crippen molar-refractivity contribution in [3.8, 4) is 17.1 Å². The Bertz CT molecular complexity index is 1280. The van der Waals surface area contributed by atoms with E-state index in [0.717, 1.165) is 28.1 Å². The van der Waals surface area contributed by atoms with Gasteiger partial charge in [0.25, 0.3) is 0 Å². The fraction of sp³-hybridized carbons (Fsp3) is 0.0800. The SMILES string of the molecule is C[C@H](Nc1nc(-c2ccccc2)cc(-n2cnc3ccccc32)n1)c1ccccc1. The molecule has 0 bridgehead atoms. The van der Waals surface area contributed by atoms with Gasteiger partial charge in [-0.3, -0.25) is 4.57 Å². The number of aromatic nitrogens is 4. The quantitative estimate of drug-likeness (QED) is 0.420. The van der Waals surface area contributed by atoms with Crippen LogP contribution in [0.4, 0.5) is 5.95 Å². The number of hydrogen-bond donors (Lipinski definition) is 1. The van der Waals surface area contributed by atoms with E-state index in [-0.39, 0.29) is 6.04 Å². The second kappa shape index (κ2) is 7.79. The van der Waals surface area contributed by atoms with Crippen molar-refractivity contribution in [3.63, 3.8) is 0 Å². The standard InChI is InChI=1S/C25H21N5/c1-18(19-10-4-2-5-11-19)27-25-28-22(20-12-6-3-7-13-20)16-24(29-25)30-17-26-21-14-8-9-15-23(21)30/h2-18H,1H3,(H,27,28,29)/t18-/m0/s1. The monoisotopic (exact) mass is 391 g/mol. The maximum atomic E-state index is 4.82. The van der Waals surface area contributed by atoms with E-state index in [9.17, 15) is 0 Å². The molecule has 2 heterocycles. The van der Waals surface area contributed by atoms with Crippen molar-refractivity contribution >= 4 is 17.0 Å². The molecule has 0 aliphatic rings. The van der Waals surface area contributed by atoms with E-state index in [2.05, 4.69) is 41.5 Å². The predicted molar refractivity (Wildman–Crippen MR) is 121 cm³/mol. The first-order chi connectivity index (χ1) is 14.8. The third-order valence-corrected chi connectivity index (χ3v) is 5.13. The van der Waals surface area contributed by atoms with E-state index in [0.29, 0.717) is 5.95 Å². The third-order valence-electron chi connectivity index (χ3n) is 5.13. The summed E-state index contributed by atoms with van der Waals surface area (Å²) >= 11 is 0. The van der Waals surface area contributed by atoms with Crippen molar-refractivity contribution in [1.29, 1.82) is 0 Å². The molecule has 0 aliphatic carbocycles. The molecule has 1 N–H and O–H groups in total. The van der Waals surface area contributed by atoms with Crippen LogP contribution >= 0.6 is 0 Å². The molecule has 0 amide bonds. The topological polar surface area (TPSA) is 55.6 Å². The molecular formula is C25H21N5. The van der Waals surface area contributed by atoms with E-state index in [1.54, 1.807) is 0 Å². The predicted octanol–water partition coefficient (Wildman–Crippen LogP) is 5.66. The minimum Gasteiger partial charge on any atom is -0.348 e. The van der Waals surface area contributed by atoms with Crippen molar-refractivity contribution in [2.45, 2.75) is 13.0 Å². The van der Waals surface area contributed by atoms with Crippen LogP contribution in [-0.2, 0) is 0 Å². The minimum absolute atomic E-state index is 0.0737. The molecule has 0 aliphatic heterocycles. The summed E-state index contributed by atoms with van der Waals surface area (Å²) < 4.78 is 2.00. The van der Waals surface area contributed by atoms with Crippen molar-refractivity contribution in [2.75, 3.05) is 5.32 Å². The Morgan fingerprint density at radius 1 is 0.800 bits per heavy atom. The lowest BCUT2D eigenvalue weighted by atomic mass is 10.1. The molecule has 0 radical (unpaired) electrons. The summed E-state index contributed by atoms with van der Waals surface area (Å²) in [5.41, 5.74) is 5.03. The van der Waals surface area contributed by atoms with Gasteiger partial charge in [-0.25, -0.2) is 9.97 Å². The Balaban J connectivity index is 1.61. The first-order valence-corrected chi connectivity index (χ1v) is 9.96. The lowest BCUT2D eigenvalue weighted by Crippen LogP contribution is -2.11. The summed E-state index contributed by atoms with van der Waals surface area (Å²) in [5, 5.41) is 3.46. The first kappa shape index (κ1) is 18.1. The Morgan fingerprint density at radius 2 is 1.50 bits per heavy atom. The zero-order chi connectivity index (χ0) is 20.3. The molecule has 0 saturated carbocycles. The number of hydrogen-bond acceptors (Lipinski definition) is 4. The fourth-order valence-corrected chi connectivity index (χ4v) is 3.54. The molecular weight excluding hydrogens is 370 g/mol. The molecule has 30 heavy (non-hydrogen) atoms. The van der Waals surface area contributed by atoms with Crippen LogP contribution < -0.4 is 5.32 Å². The molecule has 146 valence electrons. The lowest BCUT2D eigenvalue weighted by molar-refractivity contribution is 0.855. The highest BCUT2D eigenvalue weighted by atomic mass is 15.2. The zero-order valence-corrected chi connectivity index (χ0v) is 16.6. The molecule has 0 unspecified atom stereocenters. The Kier molecular flexibility index (Phi) is 4.69. The van der Waals surface area contributed by atoms with Crippen molar-refractivity contribution in [2.24, 2.45) is 0 Å². The summed E-state index contributed by atoms with van der Waals surface area (Å²) in [4.78, 5) is 14.1. The molecule has 0 saturated heterocycles. The van der Waals surface area contributed by atoms with Gasteiger partial charge < -0.3 is 5.32 Å². The average molecular weight is 391 g/mol. The molecule has 5 aromatic rings. The molecule has 0 spiro atoms. The molecule has 3 aromatic carbocycles. The van der Waals surface area contributed by atoms with Crippen LogP contribution in [0.3, 0.4) is 0 Å². The number of para-hydroxylation sites is 2. The average Bonchev–Trinajstić information content (AvgIpc) is 3.24. The maximum Gasteiger partial charge on any atom is 0.225 e. The zero-order valence-electron chi connectivity index (χ0n) is 16.6. The summed E-state index contributed by atoms with van der Waals surface area (Å²) in [5.74, 6) is 1.36. The number of fused-ring (bicyclic) bond motifs is 1. The van der Waals surface area contributed by atoms with Gasteiger partial charge in [-0.1, -0.05) is 72.8 Å². The van der Waals surface area contributed by atoms with Gasteiger partial charge >= 0.3 is 0 Å². The van der Waals surface area contributed by atoms with Gasteiger partial charge in [-0.05, 0) is 24.6 Å². The molecule has 0 fully saturated rings. The number of imidazole rings is 1. The van der Waals surface area contributed by atoms with E-state index in [1.807, 2.05) is 77.6 Å². The molecule has 2 aromatic heterocycles. The van der Waals surface area contributed by atoms with Crippen LogP contribution in [0.15, 0.2) is 97.3 Å². The van der Waals surface area contributed by atoms with E-state index in [4.69, 9.17) is 9.97 Å². The Hall–Kier alpha value is -3.99. The van der Waals surface area contributed by atoms with Crippen LogP contribution in [0.2, 0.25) is 0 Å². The van der Waals surface area contributed by atoms with Gasteiger partial charge in [0.05, 0.1) is 22.8 Å². The first-order valence-electron chi connectivity index (χ1n) is 9.96. The highest BCUT2D eigenvalue weighted by Crippen LogP contribution is 2.25. The number of rotatable bonds is 5. The van der Waals surface area contributed by atoms with E-state index < -0.39 is 0 Å². The van der Waals surface area contributed by atoms with Gasteiger partial charge in [0.2, 0.25) is 5.95 Å². The molecule has 5 nitrogen and oxygen atoms in total. The van der Waals surface area contributed by atoms with Crippen molar-refractivity contribution < 1.29 is 0 Å². The third kappa shape index (κ3) is 3.53. The van der Waals surface area contributed by atoms with Crippen LogP contribution in [-0.4, -0.2) is 19.5 Å². The van der Waals surface area contributed by atoms with Gasteiger partial charge in [0.1, 0.15) is 12.1 Å². The fourth-order valence-electron chi connectivity index (χ4n) is 3.54. The highest BCUT2D eigenvalue weighted by Gasteiger charge is 2.13. The summed E-state index contributed by atoms with van der Waals surface area (Å²) in [6, 6.07) is 30.6. The number of anilines is 1. The molecule has 1 atom stereocenters. The molecule has 5 rings (SSSR count). The van der Waals surface area contributed by atoms with Gasteiger partial charge in [-0.2, -0.15) is 4.98 Å². The summed E-state index contributed by atoms with van der Waals surface area (Å²) in [6.45, 7) is 2.11. The maximum absolute atomic E-state index is 4.82. The summed E-state index contributed by atoms with van der Waals surface area (Å²) in [6.07, 6.45) is 1.81. The van der Waals surface area contributed by atoms with E-state index in [1.165, 1.54) is 5.56 Å². The second-order valence-corrected chi connectivity index (χ2v) is 7.18. The second-order valence-electron chi connectivity index (χ2n) is 7.18. The van der Waals surface area contributed by atoms with Crippen LogP contribution in [0, 0.1) is 0 Å². The lowest BCUT2D eigenvalue weighted by Gasteiger charge is -2.16. The normalized spacial score (nSPS) is 12.0. The Morgan fingerprint density at radius 3 is 2.30 bits per heavy atom. The highest BCUT2D eigenvalue weighted by molar-refractivity contribution is 5.77. The molecule has 5 heteroatoms. The minimum atomic E-state index is 0.0737. The van der Waals surface area contributed by atoms with Gasteiger partial charge in [-0.15, -0.1) is 0 Å². The van der Waals surface area contributed by atoms with Crippen molar-refractivity contribution in [1.82, 2.24) is 19.5 Å². The van der Waals surface area contributed by atoms with Crippen LogP contribution in [0.1, 0.15) is 18.5 Å². The van der Waals surface area contributed by atoms with Gasteiger partial charge in [0, 0.05) is 11.6 Å². The van der Waals surface area contributed by atoms with E-state index >= 15 is 0 Å².